The van der Waals surface area contributed by atoms with Crippen LogP contribution in [0, 0.1) is 24.2 Å². The van der Waals surface area contributed by atoms with E-state index in [4.69, 9.17) is 11.5 Å². The van der Waals surface area contributed by atoms with Gasteiger partial charge in [-0.1, -0.05) is 5.92 Å². The summed E-state index contributed by atoms with van der Waals surface area (Å²) in [6, 6.07) is -0.331. The van der Waals surface area contributed by atoms with E-state index in [1.165, 1.54) is 0 Å². The van der Waals surface area contributed by atoms with Crippen LogP contribution in [0.15, 0.2) is 0 Å². The van der Waals surface area contributed by atoms with E-state index in [-0.39, 0.29) is 17.9 Å². The first-order valence-corrected chi connectivity index (χ1v) is 4.05. The monoisotopic (exact) mass is 181 g/mol. The molecule has 1 aliphatic rings. The second-order valence-corrected chi connectivity index (χ2v) is 3.18. The first-order valence-electron chi connectivity index (χ1n) is 4.05. The van der Waals surface area contributed by atoms with Crippen LogP contribution in [-0.4, -0.2) is 23.0 Å². The van der Waals surface area contributed by atoms with E-state index >= 15 is 0 Å². The summed E-state index contributed by atoms with van der Waals surface area (Å²) in [5.74, 6) is 0.292. The maximum absolute atomic E-state index is 11.2. The van der Waals surface area contributed by atoms with Gasteiger partial charge < -0.3 is 10.4 Å². The molecule has 70 valence electrons. The molecule has 0 saturated heterocycles. The van der Waals surface area contributed by atoms with Crippen molar-refractivity contribution in [2.75, 3.05) is 0 Å². The van der Waals surface area contributed by atoms with Crippen molar-refractivity contribution in [2.24, 2.45) is 11.8 Å². The Kier molecular flexibility index (Phi) is 2.57. The van der Waals surface area contributed by atoms with Crippen LogP contribution in [0.4, 0.5) is 0 Å². The molecular weight excluding hydrogens is 170 g/mol. The molecule has 1 rings (SSSR count). The van der Waals surface area contributed by atoms with Gasteiger partial charge in [0.15, 0.2) is 0 Å². The lowest BCUT2D eigenvalue weighted by Crippen LogP contribution is -2.33. The molecule has 4 heteroatoms. The summed E-state index contributed by atoms with van der Waals surface area (Å²) in [7, 11) is 0. The molecule has 1 fully saturated rings. The van der Waals surface area contributed by atoms with Crippen LogP contribution in [0.1, 0.15) is 13.3 Å². The van der Waals surface area contributed by atoms with Gasteiger partial charge in [-0.3, -0.25) is 9.59 Å². The number of rotatable bonds is 3. The number of hydrogen-bond donors (Lipinski definition) is 2. The number of nitrogens with one attached hydrogen (secondary N) is 1. The molecular formula is C9H11NO3. The third-order valence-electron chi connectivity index (χ3n) is 2.05. The number of carboxylic acids is 1. The summed E-state index contributed by atoms with van der Waals surface area (Å²) in [5.41, 5.74) is 0. The van der Waals surface area contributed by atoms with E-state index in [9.17, 15) is 9.59 Å². The van der Waals surface area contributed by atoms with Crippen LogP contribution < -0.4 is 5.32 Å². The lowest BCUT2D eigenvalue weighted by atomic mass is 10.2. The van der Waals surface area contributed by atoms with Gasteiger partial charge in [-0.05, 0) is 13.3 Å². The minimum absolute atomic E-state index is 0.252. The van der Waals surface area contributed by atoms with E-state index in [1.54, 1.807) is 6.92 Å². The largest absolute Gasteiger partial charge is 0.481 e. The summed E-state index contributed by atoms with van der Waals surface area (Å²) in [6.45, 7) is 1.68. The molecule has 4 nitrogen and oxygen atoms in total. The summed E-state index contributed by atoms with van der Waals surface area (Å²) >= 11 is 0. The lowest BCUT2D eigenvalue weighted by molar-refractivity contribution is -0.140. The van der Waals surface area contributed by atoms with E-state index in [1.807, 2.05) is 0 Å². The number of aliphatic carboxylic acids is 1. The SMILES string of the molecule is C#CC(C)NC(=O)C1CC1C(=O)O. The fraction of sp³-hybridized carbons (Fsp3) is 0.556. The molecule has 0 aromatic carbocycles. The van der Waals surface area contributed by atoms with Gasteiger partial charge in [-0.15, -0.1) is 6.42 Å². The van der Waals surface area contributed by atoms with Crippen LogP contribution in [0.25, 0.3) is 0 Å². The number of amides is 1. The van der Waals surface area contributed by atoms with Gasteiger partial charge in [-0.2, -0.15) is 0 Å². The van der Waals surface area contributed by atoms with Crippen LogP contribution in [0.2, 0.25) is 0 Å². The van der Waals surface area contributed by atoms with Crippen LogP contribution in [0.5, 0.6) is 0 Å². The van der Waals surface area contributed by atoms with Crippen molar-refractivity contribution in [3.05, 3.63) is 0 Å². The minimum atomic E-state index is -0.909. The molecule has 3 atom stereocenters. The van der Waals surface area contributed by atoms with Crippen molar-refractivity contribution in [1.82, 2.24) is 5.32 Å². The molecule has 0 aromatic rings. The fourth-order valence-corrected chi connectivity index (χ4v) is 1.12. The summed E-state index contributed by atoms with van der Waals surface area (Å²) in [6.07, 6.45) is 5.48. The zero-order chi connectivity index (χ0) is 10.0. The molecule has 1 saturated carbocycles. The zero-order valence-corrected chi connectivity index (χ0v) is 7.28. The minimum Gasteiger partial charge on any atom is -0.481 e. The first-order chi connectivity index (χ1) is 6.06. The van der Waals surface area contributed by atoms with Crippen LogP contribution >= 0.6 is 0 Å². The Morgan fingerprint density at radius 1 is 1.62 bits per heavy atom. The van der Waals surface area contributed by atoms with Gasteiger partial charge in [0.05, 0.1) is 17.9 Å². The topological polar surface area (TPSA) is 66.4 Å². The predicted octanol–water partition coefficient (Wildman–Crippen LogP) is -0.155. The van der Waals surface area contributed by atoms with Crippen molar-refractivity contribution in [3.63, 3.8) is 0 Å². The molecule has 0 aromatic heterocycles. The predicted molar refractivity (Wildman–Crippen MR) is 45.7 cm³/mol. The quantitative estimate of drug-likeness (QED) is 0.595. The maximum Gasteiger partial charge on any atom is 0.307 e. The van der Waals surface area contributed by atoms with Crippen molar-refractivity contribution in [1.29, 1.82) is 0 Å². The van der Waals surface area contributed by atoms with E-state index in [0.29, 0.717) is 6.42 Å². The molecule has 2 N–H and O–H groups in total. The Hall–Kier alpha value is -1.50. The maximum atomic E-state index is 11.2. The van der Waals surface area contributed by atoms with Gasteiger partial charge in [0.1, 0.15) is 0 Å². The van der Waals surface area contributed by atoms with Crippen molar-refractivity contribution >= 4 is 11.9 Å². The second-order valence-electron chi connectivity index (χ2n) is 3.18. The molecule has 3 unspecified atom stereocenters. The number of terminal acetylenes is 1. The summed E-state index contributed by atoms with van der Waals surface area (Å²) < 4.78 is 0. The summed E-state index contributed by atoms with van der Waals surface area (Å²) in [5, 5.41) is 11.1. The fourth-order valence-electron chi connectivity index (χ4n) is 1.12. The Morgan fingerprint density at radius 3 is 2.62 bits per heavy atom. The zero-order valence-electron chi connectivity index (χ0n) is 7.28. The molecule has 0 heterocycles. The lowest BCUT2D eigenvalue weighted by Gasteiger charge is -2.05. The number of carboxylic acid groups (broad SMARTS) is 1. The third kappa shape index (κ3) is 2.22. The van der Waals surface area contributed by atoms with Gasteiger partial charge >= 0.3 is 5.97 Å². The molecule has 0 aliphatic heterocycles. The van der Waals surface area contributed by atoms with Gasteiger partial charge in [-0.25, -0.2) is 0 Å². The van der Waals surface area contributed by atoms with Gasteiger partial charge in [0.25, 0.3) is 0 Å². The van der Waals surface area contributed by atoms with Crippen molar-refractivity contribution < 1.29 is 14.7 Å². The van der Waals surface area contributed by atoms with Gasteiger partial charge in [0, 0.05) is 0 Å². The van der Waals surface area contributed by atoms with Crippen molar-refractivity contribution in [3.8, 4) is 12.3 Å². The Labute approximate surface area is 76.3 Å². The molecule has 1 amide bonds. The summed E-state index contributed by atoms with van der Waals surface area (Å²) in [4.78, 5) is 21.6. The first kappa shape index (κ1) is 9.59. The third-order valence-corrected chi connectivity index (χ3v) is 2.05. The Bertz CT molecular complexity index is 279. The van der Waals surface area contributed by atoms with Crippen molar-refractivity contribution in [2.45, 2.75) is 19.4 Å². The molecule has 0 radical (unpaired) electrons. The Balaban J connectivity index is 2.37. The van der Waals surface area contributed by atoms with Crippen LogP contribution in [0.3, 0.4) is 0 Å². The van der Waals surface area contributed by atoms with E-state index in [2.05, 4.69) is 11.2 Å². The highest BCUT2D eigenvalue weighted by molar-refractivity contribution is 5.89. The highest BCUT2D eigenvalue weighted by atomic mass is 16.4. The molecule has 0 spiro atoms. The smallest absolute Gasteiger partial charge is 0.307 e. The van der Waals surface area contributed by atoms with Gasteiger partial charge in [0.2, 0.25) is 5.91 Å². The highest BCUT2D eigenvalue weighted by Gasteiger charge is 2.48. The van der Waals surface area contributed by atoms with E-state index in [0.717, 1.165) is 0 Å². The van der Waals surface area contributed by atoms with E-state index < -0.39 is 11.9 Å². The molecule has 0 bridgehead atoms. The molecule has 13 heavy (non-hydrogen) atoms. The molecule has 1 aliphatic carbocycles. The normalized spacial score (nSPS) is 27.1. The average Bonchev–Trinajstić information content (AvgIpc) is 2.82. The average molecular weight is 181 g/mol. The van der Waals surface area contributed by atoms with Crippen LogP contribution in [-0.2, 0) is 9.59 Å². The number of carbonyl (C=O) groups is 2. The second kappa shape index (κ2) is 3.48. The number of hydrogen-bond acceptors (Lipinski definition) is 2. The number of carbonyl (C=O) groups excluding carboxylic acids is 1. The highest BCUT2D eigenvalue weighted by Crippen LogP contribution is 2.38. The Morgan fingerprint density at radius 2 is 2.23 bits per heavy atom. The standard InChI is InChI=1S/C9H11NO3/c1-3-5(2)10-8(11)6-4-7(6)9(12)13/h1,5-7H,4H2,2H3,(H,10,11)(H,12,13).